The van der Waals surface area contributed by atoms with Gasteiger partial charge in [0.2, 0.25) is 5.91 Å². The molecule has 0 aromatic carbocycles. The third kappa shape index (κ3) is 7.18. The third-order valence-electron chi connectivity index (χ3n) is 8.33. The van der Waals surface area contributed by atoms with Crippen LogP contribution in [0, 0.1) is 5.92 Å². The Labute approximate surface area is 236 Å². The molecule has 14 atom stereocenters. The molecular formula is C25H43NO15. The normalized spacial score (nSPS) is 46.3. The Morgan fingerprint density at radius 1 is 0.683 bits per heavy atom. The van der Waals surface area contributed by atoms with Crippen molar-refractivity contribution in [1.29, 1.82) is 0 Å². The lowest BCUT2D eigenvalue weighted by Gasteiger charge is -2.48. The number of nitrogens with one attached hydrogen (secondary N) is 1. The Morgan fingerprint density at radius 2 is 1.27 bits per heavy atom. The Hall–Kier alpha value is -1.09. The molecule has 3 aliphatic heterocycles. The fourth-order valence-electron chi connectivity index (χ4n) is 5.82. The lowest BCUT2D eigenvalue weighted by atomic mass is 9.88. The molecule has 1 saturated carbocycles. The summed E-state index contributed by atoms with van der Waals surface area (Å²) in [6.07, 6.45) is -15.6. The minimum atomic E-state index is -1.85. The molecule has 16 heteroatoms. The van der Waals surface area contributed by atoms with Crippen molar-refractivity contribution >= 4 is 5.91 Å². The van der Waals surface area contributed by atoms with Crippen molar-refractivity contribution in [2.24, 2.45) is 5.92 Å². The quantitative estimate of drug-likeness (QED) is 0.119. The predicted molar refractivity (Wildman–Crippen MR) is 133 cm³/mol. The first kappa shape index (κ1) is 32.8. The Balaban J connectivity index is 1.49. The van der Waals surface area contributed by atoms with Crippen LogP contribution in [0.4, 0.5) is 0 Å². The van der Waals surface area contributed by atoms with E-state index in [4.69, 9.17) is 23.7 Å². The molecule has 10 N–H and O–H groups in total. The maximum Gasteiger partial charge on any atom is 0.223 e. The van der Waals surface area contributed by atoms with Crippen LogP contribution in [0.5, 0.6) is 0 Å². The molecule has 0 aromatic heterocycles. The molecule has 1 aliphatic carbocycles. The van der Waals surface area contributed by atoms with Gasteiger partial charge < -0.3 is 75.0 Å². The zero-order valence-electron chi connectivity index (χ0n) is 22.5. The van der Waals surface area contributed by atoms with E-state index >= 15 is 0 Å². The summed E-state index contributed by atoms with van der Waals surface area (Å²) in [6, 6.07) is -1.35. The molecule has 238 valence electrons. The molecule has 3 saturated heterocycles. The van der Waals surface area contributed by atoms with Gasteiger partial charge in [-0.3, -0.25) is 4.79 Å². The summed E-state index contributed by atoms with van der Waals surface area (Å²) in [7, 11) is 0. The average Bonchev–Trinajstić information content (AvgIpc) is 2.98. The average molecular weight is 598 g/mol. The zero-order valence-corrected chi connectivity index (χ0v) is 22.5. The van der Waals surface area contributed by atoms with E-state index in [1.165, 1.54) is 0 Å². The molecule has 4 rings (SSSR count). The summed E-state index contributed by atoms with van der Waals surface area (Å²) in [6.45, 7) is -2.35. The smallest absolute Gasteiger partial charge is 0.223 e. The summed E-state index contributed by atoms with van der Waals surface area (Å²) in [4.78, 5) is 13.0. The molecule has 4 aliphatic rings. The van der Waals surface area contributed by atoms with Crippen LogP contribution in [0.1, 0.15) is 32.1 Å². The number of hydrogen-bond acceptors (Lipinski definition) is 15. The summed E-state index contributed by atoms with van der Waals surface area (Å²) in [5, 5.41) is 95.3. The second kappa shape index (κ2) is 14.6. The summed E-state index contributed by atoms with van der Waals surface area (Å²) < 4.78 is 28.0. The van der Waals surface area contributed by atoms with Crippen LogP contribution in [0.3, 0.4) is 0 Å². The number of amides is 1. The molecule has 0 bridgehead atoms. The molecule has 1 amide bonds. The molecular weight excluding hydrogens is 554 g/mol. The number of carbonyl (C=O) groups excluding carboxylic acids is 1. The SMILES string of the molecule is O=C(NC1[C@H](O[C@@H]2C(CO)O[C@H](O[C@@H]3C(CO)OCC(O)[C@H]3O)C(O)[C@H]2O)OC(CO)[C@@H](O)[C@@H]1O)C1CCCCC1. The summed E-state index contributed by atoms with van der Waals surface area (Å²) >= 11 is 0. The first-order valence-corrected chi connectivity index (χ1v) is 14.1. The monoisotopic (exact) mass is 597 g/mol. The van der Waals surface area contributed by atoms with Gasteiger partial charge in [-0.1, -0.05) is 19.3 Å². The molecule has 41 heavy (non-hydrogen) atoms. The number of carbonyl (C=O) groups is 1. The first-order valence-electron chi connectivity index (χ1n) is 14.1. The van der Waals surface area contributed by atoms with Crippen LogP contribution in [0.25, 0.3) is 0 Å². The van der Waals surface area contributed by atoms with Crippen LogP contribution in [0.15, 0.2) is 0 Å². The van der Waals surface area contributed by atoms with Crippen LogP contribution >= 0.6 is 0 Å². The number of ether oxygens (including phenoxy) is 5. The Kier molecular flexibility index (Phi) is 11.7. The van der Waals surface area contributed by atoms with Gasteiger partial charge in [-0.15, -0.1) is 0 Å². The topological polar surface area (TPSA) is 257 Å². The lowest BCUT2D eigenvalue weighted by molar-refractivity contribution is -0.362. The van der Waals surface area contributed by atoms with E-state index in [2.05, 4.69) is 5.32 Å². The van der Waals surface area contributed by atoms with Crippen molar-refractivity contribution in [3.8, 4) is 0 Å². The van der Waals surface area contributed by atoms with Gasteiger partial charge in [0.25, 0.3) is 0 Å². The van der Waals surface area contributed by atoms with E-state index in [-0.39, 0.29) is 18.4 Å². The van der Waals surface area contributed by atoms with E-state index in [1.807, 2.05) is 0 Å². The van der Waals surface area contributed by atoms with Crippen molar-refractivity contribution in [2.45, 2.75) is 118 Å². The van der Waals surface area contributed by atoms with Crippen LogP contribution in [-0.4, -0.2) is 164 Å². The molecule has 16 nitrogen and oxygen atoms in total. The number of aliphatic hydroxyl groups is 9. The van der Waals surface area contributed by atoms with Crippen LogP contribution in [0.2, 0.25) is 0 Å². The van der Waals surface area contributed by atoms with E-state index < -0.39 is 106 Å². The van der Waals surface area contributed by atoms with Gasteiger partial charge >= 0.3 is 0 Å². The summed E-state index contributed by atoms with van der Waals surface area (Å²) in [5.74, 6) is -0.708. The Bertz CT molecular complexity index is 829. The van der Waals surface area contributed by atoms with Crippen molar-refractivity contribution in [1.82, 2.24) is 5.32 Å². The van der Waals surface area contributed by atoms with E-state index in [1.54, 1.807) is 0 Å². The van der Waals surface area contributed by atoms with Crippen molar-refractivity contribution in [3.63, 3.8) is 0 Å². The standard InChI is InChI=1S/C25H43NO15/c27-6-12-17(32)18(33)15(26-23(36)10-4-2-1-3-5-10)24(38-12)40-22-14(8-29)39-25(20(35)19(22)34)41-21-13(7-28)37-9-11(30)16(21)31/h10-22,24-25,27-35H,1-9H2,(H,26,36)/t11?,12?,13?,14?,15?,16-,17-,18-,19-,20?,21-,22-,24+,25-/m1/s1. The third-order valence-corrected chi connectivity index (χ3v) is 8.33. The van der Waals surface area contributed by atoms with E-state index in [9.17, 15) is 50.8 Å². The van der Waals surface area contributed by atoms with Gasteiger partial charge in [0.05, 0.1) is 26.4 Å². The van der Waals surface area contributed by atoms with Gasteiger partial charge in [-0.2, -0.15) is 0 Å². The highest BCUT2D eigenvalue weighted by Crippen LogP contribution is 2.32. The lowest BCUT2D eigenvalue weighted by Crippen LogP contribution is -2.68. The molecule has 0 aromatic rings. The zero-order chi connectivity index (χ0) is 29.8. The van der Waals surface area contributed by atoms with E-state index in [0.29, 0.717) is 12.8 Å². The molecule has 4 fully saturated rings. The van der Waals surface area contributed by atoms with Gasteiger partial charge in [0, 0.05) is 5.92 Å². The maximum absolute atomic E-state index is 13.0. The van der Waals surface area contributed by atoms with Crippen LogP contribution < -0.4 is 5.32 Å². The van der Waals surface area contributed by atoms with Gasteiger partial charge in [-0.05, 0) is 12.8 Å². The minimum absolute atomic E-state index is 0.270. The van der Waals surface area contributed by atoms with Gasteiger partial charge in [-0.25, -0.2) is 0 Å². The van der Waals surface area contributed by atoms with Crippen molar-refractivity contribution in [3.05, 3.63) is 0 Å². The molecule has 0 spiro atoms. The number of hydrogen-bond donors (Lipinski definition) is 10. The van der Waals surface area contributed by atoms with Crippen molar-refractivity contribution < 1.29 is 74.4 Å². The largest absolute Gasteiger partial charge is 0.394 e. The molecule has 3 heterocycles. The molecule has 0 radical (unpaired) electrons. The van der Waals surface area contributed by atoms with Gasteiger partial charge in [0.1, 0.15) is 73.2 Å². The summed E-state index contributed by atoms with van der Waals surface area (Å²) in [5.41, 5.74) is 0. The minimum Gasteiger partial charge on any atom is -0.394 e. The second-order valence-electron chi connectivity index (χ2n) is 11.1. The van der Waals surface area contributed by atoms with Gasteiger partial charge in [0.15, 0.2) is 12.6 Å². The highest BCUT2D eigenvalue weighted by Gasteiger charge is 2.53. The molecule has 6 unspecified atom stereocenters. The van der Waals surface area contributed by atoms with Crippen LogP contribution in [-0.2, 0) is 28.5 Å². The first-order chi connectivity index (χ1) is 19.6. The van der Waals surface area contributed by atoms with E-state index in [0.717, 1.165) is 19.3 Å². The number of aliphatic hydroxyl groups excluding tert-OH is 9. The maximum atomic E-state index is 13.0. The fraction of sp³-hybridized carbons (Fsp3) is 0.960. The number of rotatable bonds is 9. The highest BCUT2D eigenvalue weighted by molar-refractivity contribution is 5.79. The fourth-order valence-corrected chi connectivity index (χ4v) is 5.82. The highest BCUT2D eigenvalue weighted by atomic mass is 16.7. The predicted octanol–water partition coefficient (Wildman–Crippen LogP) is -5.19. The second-order valence-corrected chi connectivity index (χ2v) is 11.1. The van der Waals surface area contributed by atoms with Crippen molar-refractivity contribution in [2.75, 3.05) is 26.4 Å². The Morgan fingerprint density at radius 3 is 1.90 bits per heavy atom.